The van der Waals surface area contributed by atoms with Crippen molar-refractivity contribution in [1.29, 1.82) is 0 Å². The number of carbonyl (C=O) groups excluding carboxylic acids is 2. The number of carboxylic acid groups (broad SMARTS) is 2. The topological polar surface area (TPSA) is 130 Å². The van der Waals surface area contributed by atoms with Gasteiger partial charge in [-0.3, -0.25) is 9.59 Å². The van der Waals surface area contributed by atoms with E-state index >= 15 is 0 Å². The first-order chi connectivity index (χ1) is 13.9. The quantitative estimate of drug-likeness (QED) is 0.583. The van der Waals surface area contributed by atoms with Gasteiger partial charge in [0, 0.05) is 12.3 Å². The smallest absolute Gasteiger partial charge is 0.407 e. The fourth-order valence-electron chi connectivity index (χ4n) is 3.45. The summed E-state index contributed by atoms with van der Waals surface area (Å²) in [6.07, 6.45) is -2.43. The summed E-state index contributed by atoms with van der Waals surface area (Å²) in [5.74, 6) is -3.80. The van der Waals surface area contributed by atoms with Crippen LogP contribution in [0.3, 0.4) is 0 Å². The molecule has 8 heteroatoms. The highest BCUT2D eigenvalue weighted by molar-refractivity contribution is 5.97. The van der Waals surface area contributed by atoms with E-state index in [9.17, 15) is 24.3 Å². The Bertz CT molecular complexity index is 924. The highest BCUT2D eigenvalue weighted by Crippen LogP contribution is 2.44. The van der Waals surface area contributed by atoms with Gasteiger partial charge in [-0.05, 0) is 22.3 Å². The Kier molecular flexibility index (Phi) is 5.92. The number of carboxylic acids is 2. The number of alkyl carbamates (subject to hydrolysis) is 1. The Morgan fingerprint density at radius 1 is 0.931 bits per heavy atom. The van der Waals surface area contributed by atoms with Crippen LogP contribution in [-0.2, 0) is 19.1 Å². The molecule has 0 fully saturated rings. The Morgan fingerprint density at radius 3 is 2.00 bits per heavy atom. The minimum Gasteiger partial charge on any atom is -0.481 e. The molecule has 0 aliphatic heterocycles. The summed E-state index contributed by atoms with van der Waals surface area (Å²) < 4.78 is 5.24. The van der Waals surface area contributed by atoms with E-state index in [4.69, 9.17) is 9.84 Å². The third-order valence-corrected chi connectivity index (χ3v) is 4.71. The van der Waals surface area contributed by atoms with Crippen LogP contribution in [0.2, 0.25) is 0 Å². The van der Waals surface area contributed by atoms with E-state index in [0.717, 1.165) is 22.3 Å². The first-order valence-electron chi connectivity index (χ1n) is 8.94. The molecule has 3 N–H and O–H groups in total. The van der Waals surface area contributed by atoms with Crippen LogP contribution < -0.4 is 5.32 Å². The van der Waals surface area contributed by atoms with E-state index in [-0.39, 0.29) is 12.5 Å². The van der Waals surface area contributed by atoms with Crippen LogP contribution in [-0.4, -0.2) is 46.7 Å². The zero-order chi connectivity index (χ0) is 21.0. The van der Waals surface area contributed by atoms with Gasteiger partial charge in [0.25, 0.3) is 0 Å². The molecule has 0 aromatic heterocycles. The third kappa shape index (κ3) is 4.60. The summed E-state index contributed by atoms with van der Waals surface area (Å²) in [6, 6.07) is 14.0. The molecule has 150 valence electrons. The average Bonchev–Trinajstić information content (AvgIpc) is 2.99. The zero-order valence-corrected chi connectivity index (χ0v) is 15.3. The molecule has 0 spiro atoms. The number of hydrogen-bond acceptors (Lipinski definition) is 5. The normalized spacial score (nSPS) is 13.1. The van der Waals surface area contributed by atoms with E-state index in [1.165, 1.54) is 0 Å². The van der Waals surface area contributed by atoms with Gasteiger partial charge >= 0.3 is 18.0 Å². The molecule has 1 aliphatic rings. The molecular weight excluding hydrogens is 378 g/mol. The van der Waals surface area contributed by atoms with E-state index in [2.05, 4.69) is 5.32 Å². The molecule has 0 saturated carbocycles. The lowest BCUT2D eigenvalue weighted by atomic mass is 9.98. The highest BCUT2D eigenvalue weighted by atomic mass is 16.5. The molecule has 2 aromatic carbocycles. The fraction of sp³-hybridized carbons (Fsp3) is 0.238. The van der Waals surface area contributed by atoms with E-state index in [1.54, 1.807) is 0 Å². The lowest BCUT2D eigenvalue weighted by Gasteiger charge is -2.17. The number of carbonyl (C=O) groups is 4. The minimum absolute atomic E-state index is 0.00469. The molecule has 2 aromatic rings. The molecule has 0 radical (unpaired) electrons. The molecule has 3 rings (SSSR count). The van der Waals surface area contributed by atoms with Crippen LogP contribution in [0.1, 0.15) is 29.9 Å². The van der Waals surface area contributed by atoms with Crippen LogP contribution in [0, 0.1) is 0 Å². The second-order valence-corrected chi connectivity index (χ2v) is 6.67. The lowest BCUT2D eigenvalue weighted by molar-refractivity contribution is -0.144. The summed E-state index contributed by atoms with van der Waals surface area (Å²) in [6.45, 7) is -0.00469. The molecule has 1 unspecified atom stereocenters. The van der Waals surface area contributed by atoms with E-state index in [0.29, 0.717) is 0 Å². The molecule has 0 heterocycles. The molecule has 0 saturated heterocycles. The summed E-state index contributed by atoms with van der Waals surface area (Å²) in [5.41, 5.74) is 4.13. The lowest BCUT2D eigenvalue weighted by Crippen LogP contribution is -2.43. The average molecular weight is 397 g/mol. The summed E-state index contributed by atoms with van der Waals surface area (Å²) in [4.78, 5) is 45.5. The van der Waals surface area contributed by atoms with Crippen molar-refractivity contribution in [2.75, 3.05) is 6.61 Å². The number of fused-ring (bicyclic) bond motifs is 3. The molecule has 29 heavy (non-hydrogen) atoms. The van der Waals surface area contributed by atoms with Crippen LogP contribution >= 0.6 is 0 Å². The third-order valence-electron chi connectivity index (χ3n) is 4.71. The number of benzene rings is 2. The van der Waals surface area contributed by atoms with Crippen molar-refractivity contribution >= 4 is 23.8 Å². The number of ketones is 1. The number of hydrogen-bond donors (Lipinski definition) is 3. The van der Waals surface area contributed by atoms with Crippen LogP contribution in [0.15, 0.2) is 48.5 Å². The molecular formula is C21H19NO7. The number of ether oxygens (including phenoxy) is 1. The van der Waals surface area contributed by atoms with Gasteiger partial charge in [0.15, 0.2) is 0 Å². The van der Waals surface area contributed by atoms with Crippen LogP contribution in [0.25, 0.3) is 11.1 Å². The summed E-state index contributed by atoms with van der Waals surface area (Å²) in [5, 5.41) is 19.9. The largest absolute Gasteiger partial charge is 0.481 e. The first kappa shape index (κ1) is 20.1. The second kappa shape index (κ2) is 8.55. The molecule has 0 bridgehead atoms. The SMILES string of the molecule is O=C(O)CC(=O)CC(NC(=O)OCC1c2ccccc2-c2ccccc21)C(=O)O. The van der Waals surface area contributed by atoms with Gasteiger partial charge in [0.05, 0.1) is 0 Å². The monoisotopic (exact) mass is 397 g/mol. The molecule has 1 amide bonds. The minimum atomic E-state index is -1.56. The Morgan fingerprint density at radius 2 is 1.48 bits per heavy atom. The number of amides is 1. The van der Waals surface area contributed by atoms with Crippen molar-refractivity contribution in [2.24, 2.45) is 0 Å². The maximum atomic E-state index is 12.1. The van der Waals surface area contributed by atoms with Gasteiger partial charge in [0.1, 0.15) is 24.9 Å². The number of Topliss-reactive ketones (excluding diaryl/α,β-unsaturated/α-hetero) is 1. The Hall–Kier alpha value is -3.68. The van der Waals surface area contributed by atoms with Gasteiger partial charge in [-0.1, -0.05) is 48.5 Å². The maximum Gasteiger partial charge on any atom is 0.407 e. The standard InChI is InChI=1S/C21H19NO7/c23-12(10-19(24)25)9-18(20(26)27)22-21(28)29-11-17-15-7-3-1-5-13(15)14-6-2-4-8-16(14)17/h1-8,17-18H,9-11H2,(H,22,28)(H,24,25)(H,26,27). The predicted molar refractivity (Wildman–Crippen MR) is 102 cm³/mol. The van der Waals surface area contributed by atoms with Gasteiger partial charge in [0.2, 0.25) is 0 Å². The van der Waals surface area contributed by atoms with Gasteiger partial charge < -0.3 is 20.3 Å². The summed E-state index contributed by atoms with van der Waals surface area (Å²) in [7, 11) is 0. The first-order valence-corrected chi connectivity index (χ1v) is 8.94. The maximum absolute atomic E-state index is 12.1. The Labute approximate surface area is 166 Å². The molecule has 1 atom stereocenters. The van der Waals surface area contributed by atoms with Crippen LogP contribution in [0.5, 0.6) is 0 Å². The zero-order valence-electron chi connectivity index (χ0n) is 15.3. The highest BCUT2D eigenvalue weighted by Gasteiger charge is 2.30. The number of rotatable bonds is 8. The van der Waals surface area contributed by atoms with Gasteiger partial charge in [-0.15, -0.1) is 0 Å². The fourth-order valence-corrected chi connectivity index (χ4v) is 3.45. The molecule has 8 nitrogen and oxygen atoms in total. The van der Waals surface area contributed by atoms with Crippen molar-refractivity contribution in [3.8, 4) is 11.1 Å². The van der Waals surface area contributed by atoms with Crippen molar-refractivity contribution in [1.82, 2.24) is 5.32 Å². The predicted octanol–water partition coefficient (Wildman–Crippen LogP) is 2.41. The van der Waals surface area contributed by atoms with Crippen molar-refractivity contribution in [2.45, 2.75) is 24.8 Å². The number of nitrogens with one attached hydrogen (secondary N) is 1. The van der Waals surface area contributed by atoms with Crippen molar-refractivity contribution in [3.63, 3.8) is 0 Å². The number of aliphatic carboxylic acids is 2. The van der Waals surface area contributed by atoms with Crippen molar-refractivity contribution < 1.29 is 34.1 Å². The Balaban J connectivity index is 1.65. The van der Waals surface area contributed by atoms with E-state index in [1.807, 2.05) is 48.5 Å². The summed E-state index contributed by atoms with van der Waals surface area (Å²) >= 11 is 0. The van der Waals surface area contributed by atoms with E-state index < -0.39 is 42.7 Å². The van der Waals surface area contributed by atoms with Gasteiger partial charge in [-0.25, -0.2) is 9.59 Å². The molecule has 1 aliphatic carbocycles. The van der Waals surface area contributed by atoms with Gasteiger partial charge in [-0.2, -0.15) is 0 Å². The van der Waals surface area contributed by atoms with Crippen molar-refractivity contribution in [3.05, 3.63) is 59.7 Å². The second-order valence-electron chi connectivity index (χ2n) is 6.67. The van der Waals surface area contributed by atoms with Crippen LogP contribution in [0.4, 0.5) is 4.79 Å².